The molecular weight excluding hydrogens is 176 g/mol. The Bertz CT molecular complexity index is 326. The lowest BCUT2D eigenvalue weighted by Gasteiger charge is -2.23. The van der Waals surface area contributed by atoms with Gasteiger partial charge in [-0.25, -0.2) is 4.98 Å². The second-order valence-corrected chi connectivity index (χ2v) is 4.45. The molecule has 0 amide bonds. The normalized spacial score (nSPS) is 11.7. The Morgan fingerprint density at radius 2 is 2.21 bits per heavy atom. The van der Waals surface area contributed by atoms with Crippen LogP contribution in [0.5, 0.6) is 0 Å². The lowest BCUT2D eigenvalue weighted by Crippen LogP contribution is -2.22. The van der Waals surface area contributed by atoms with E-state index in [1.54, 1.807) is 13.1 Å². The van der Waals surface area contributed by atoms with Gasteiger partial charge in [0.25, 0.3) is 0 Å². The average Bonchev–Trinajstić information content (AvgIpc) is 2.48. The molecule has 0 aliphatic rings. The number of aromatic nitrogens is 2. The van der Waals surface area contributed by atoms with Gasteiger partial charge in [-0.05, 0) is 13.3 Å². The van der Waals surface area contributed by atoms with Crippen LogP contribution in [0.3, 0.4) is 0 Å². The maximum absolute atomic E-state index is 10.9. The molecule has 1 aromatic heterocycles. The molecule has 1 heterocycles. The van der Waals surface area contributed by atoms with E-state index in [2.05, 4.69) is 18.8 Å². The van der Waals surface area contributed by atoms with Crippen LogP contribution >= 0.6 is 0 Å². The highest BCUT2D eigenvalue weighted by atomic mass is 16.1. The molecule has 0 spiro atoms. The van der Waals surface area contributed by atoms with Gasteiger partial charge in [-0.1, -0.05) is 13.8 Å². The number of carbonyl (C=O) groups is 1. The number of aryl methyl sites for hydroxylation is 1. The quantitative estimate of drug-likeness (QED) is 0.735. The van der Waals surface area contributed by atoms with Crippen LogP contribution in [0, 0.1) is 0 Å². The molecule has 1 aromatic rings. The van der Waals surface area contributed by atoms with Crippen molar-refractivity contribution in [2.75, 3.05) is 0 Å². The molecule has 0 unspecified atom stereocenters. The summed E-state index contributed by atoms with van der Waals surface area (Å²) in [5.74, 6) is 1.28. The molecule has 0 aromatic carbocycles. The zero-order valence-electron chi connectivity index (χ0n) is 9.37. The molecule has 3 heteroatoms. The van der Waals surface area contributed by atoms with Crippen molar-refractivity contribution in [3.05, 3.63) is 18.2 Å². The van der Waals surface area contributed by atoms with Gasteiger partial charge in [-0.3, -0.25) is 0 Å². The Balaban J connectivity index is 2.75. The summed E-state index contributed by atoms with van der Waals surface area (Å²) < 4.78 is 2.01. The first-order valence-electron chi connectivity index (χ1n) is 4.91. The van der Waals surface area contributed by atoms with Crippen LogP contribution in [-0.2, 0) is 17.3 Å². The van der Waals surface area contributed by atoms with Crippen molar-refractivity contribution >= 4 is 5.78 Å². The molecule has 0 radical (unpaired) electrons. The monoisotopic (exact) mass is 194 g/mol. The van der Waals surface area contributed by atoms with Crippen molar-refractivity contribution < 1.29 is 4.79 Å². The molecule has 0 saturated heterocycles. The first-order chi connectivity index (χ1) is 6.43. The van der Waals surface area contributed by atoms with E-state index < -0.39 is 0 Å². The van der Waals surface area contributed by atoms with Crippen LogP contribution in [0.25, 0.3) is 0 Å². The van der Waals surface area contributed by atoms with E-state index in [9.17, 15) is 4.79 Å². The summed E-state index contributed by atoms with van der Waals surface area (Å²) in [6.45, 7) is 5.88. The summed E-state index contributed by atoms with van der Waals surface area (Å²) in [4.78, 5) is 15.2. The fourth-order valence-corrected chi connectivity index (χ4v) is 1.62. The first-order valence-corrected chi connectivity index (χ1v) is 4.91. The summed E-state index contributed by atoms with van der Waals surface area (Å²) in [6, 6.07) is 0. The molecule has 0 N–H and O–H groups in total. The van der Waals surface area contributed by atoms with Crippen LogP contribution in [0.1, 0.15) is 39.4 Å². The van der Waals surface area contributed by atoms with E-state index >= 15 is 0 Å². The number of carbonyl (C=O) groups excluding carboxylic acids is 1. The number of rotatable bonds is 4. The van der Waals surface area contributed by atoms with Crippen LogP contribution < -0.4 is 0 Å². The van der Waals surface area contributed by atoms with Crippen molar-refractivity contribution in [1.29, 1.82) is 0 Å². The molecule has 14 heavy (non-hydrogen) atoms. The van der Waals surface area contributed by atoms with Gasteiger partial charge in [0.05, 0.1) is 0 Å². The maximum atomic E-state index is 10.9. The van der Waals surface area contributed by atoms with Gasteiger partial charge >= 0.3 is 0 Å². The minimum absolute atomic E-state index is 0.0239. The van der Waals surface area contributed by atoms with Crippen molar-refractivity contribution in [3.8, 4) is 0 Å². The number of ketones is 1. The molecule has 0 aliphatic carbocycles. The topological polar surface area (TPSA) is 34.9 Å². The molecule has 3 nitrogen and oxygen atoms in total. The van der Waals surface area contributed by atoms with Gasteiger partial charge in [-0.2, -0.15) is 0 Å². The summed E-state index contributed by atoms with van der Waals surface area (Å²) >= 11 is 0. The fraction of sp³-hybridized carbons (Fsp3) is 0.636. The highest BCUT2D eigenvalue weighted by molar-refractivity contribution is 5.75. The molecule has 0 aliphatic heterocycles. The number of hydrogen-bond donors (Lipinski definition) is 0. The predicted molar refractivity (Wildman–Crippen MR) is 56.1 cm³/mol. The third kappa shape index (κ3) is 2.44. The van der Waals surface area contributed by atoms with Crippen LogP contribution in [0.4, 0.5) is 0 Å². The summed E-state index contributed by atoms with van der Waals surface area (Å²) in [6.07, 6.45) is 5.21. The molecule has 0 atom stereocenters. The average molecular weight is 194 g/mol. The number of nitrogens with zero attached hydrogens (tertiary/aromatic N) is 2. The Morgan fingerprint density at radius 1 is 1.57 bits per heavy atom. The lowest BCUT2D eigenvalue weighted by molar-refractivity contribution is -0.117. The fourth-order valence-electron chi connectivity index (χ4n) is 1.62. The molecule has 0 fully saturated rings. The van der Waals surface area contributed by atoms with E-state index in [-0.39, 0.29) is 11.2 Å². The molecule has 0 bridgehead atoms. The highest BCUT2D eigenvalue weighted by Gasteiger charge is 2.24. The molecule has 0 saturated carbocycles. The van der Waals surface area contributed by atoms with Crippen molar-refractivity contribution in [1.82, 2.24) is 9.55 Å². The Kier molecular flexibility index (Phi) is 3.09. The summed E-state index contributed by atoms with van der Waals surface area (Å²) in [7, 11) is 1.98. The van der Waals surface area contributed by atoms with Gasteiger partial charge in [0.15, 0.2) is 0 Å². The molecule has 1 rings (SSSR count). The van der Waals surface area contributed by atoms with E-state index in [1.165, 1.54) is 0 Å². The number of Topliss-reactive ketones (excluding diaryl/α,β-unsaturated/α-hetero) is 1. The largest absolute Gasteiger partial charge is 0.338 e. The minimum Gasteiger partial charge on any atom is -0.338 e. The summed E-state index contributed by atoms with van der Waals surface area (Å²) in [5.41, 5.74) is -0.0239. The minimum atomic E-state index is -0.0239. The Labute approximate surface area is 85.2 Å². The van der Waals surface area contributed by atoms with Gasteiger partial charge in [0, 0.05) is 31.3 Å². The van der Waals surface area contributed by atoms with E-state index in [0.29, 0.717) is 6.42 Å². The second kappa shape index (κ2) is 3.95. The van der Waals surface area contributed by atoms with E-state index in [0.717, 1.165) is 12.2 Å². The zero-order valence-corrected chi connectivity index (χ0v) is 9.37. The van der Waals surface area contributed by atoms with Crippen LogP contribution in [0.2, 0.25) is 0 Å². The zero-order chi connectivity index (χ0) is 10.8. The van der Waals surface area contributed by atoms with E-state index in [4.69, 9.17) is 0 Å². The third-order valence-electron chi connectivity index (χ3n) is 2.53. The number of hydrogen-bond acceptors (Lipinski definition) is 2. The summed E-state index contributed by atoms with van der Waals surface area (Å²) in [5, 5.41) is 0. The van der Waals surface area contributed by atoms with Gasteiger partial charge in [0.1, 0.15) is 11.6 Å². The third-order valence-corrected chi connectivity index (χ3v) is 2.53. The Hall–Kier alpha value is -1.12. The smallest absolute Gasteiger partial charge is 0.129 e. The van der Waals surface area contributed by atoms with E-state index in [1.807, 2.05) is 17.8 Å². The van der Waals surface area contributed by atoms with Gasteiger partial charge < -0.3 is 9.36 Å². The highest BCUT2D eigenvalue weighted by Crippen LogP contribution is 2.26. The van der Waals surface area contributed by atoms with Crippen molar-refractivity contribution in [2.45, 2.75) is 39.0 Å². The van der Waals surface area contributed by atoms with Crippen molar-refractivity contribution in [2.24, 2.45) is 7.05 Å². The van der Waals surface area contributed by atoms with Crippen LogP contribution in [-0.4, -0.2) is 15.3 Å². The number of imidazole rings is 1. The lowest BCUT2D eigenvalue weighted by atomic mass is 9.86. The second-order valence-electron chi connectivity index (χ2n) is 4.45. The Morgan fingerprint density at radius 3 is 2.64 bits per heavy atom. The molecular formula is C11H18N2O. The molecule has 78 valence electrons. The predicted octanol–water partition coefficient (Wildman–Crippen LogP) is 2.07. The van der Waals surface area contributed by atoms with Crippen molar-refractivity contribution in [3.63, 3.8) is 0 Å². The van der Waals surface area contributed by atoms with Crippen LogP contribution in [0.15, 0.2) is 12.4 Å². The first kappa shape index (κ1) is 11.0. The maximum Gasteiger partial charge on any atom is 0.129 e. The standard InChI is InChI=1S/C11H18N2O/c1-9(14)5-6-11(2,3)10-12-7-8-13(10)4/h7-8H,5-6H2,1-4H3. The van der Waals surface area contributed by atoms with Gasteiger partial charge in [0.2, 0.25) is 0 Å². The van der Waals surface area contributed by atoms with Gasteiger partial charge in [-0.15, -0.1) is 0 Å². The SMILES string of the molecule is CC(=O)CCC(C)(C)c1nccn1C.